The minimum atomic E-state index is -4.39. The highest BCUT2D eigenvalue weighted by molar-refractivity contribution is 5.53. The summed E-state index contributed by atoms with van der Waals surface area (Å²) in [6, 6.07) is 4.26. The lowest BCUT2D eigenvalue weighted by molar-refractivity contribution is -0.137. The molecule has 0 saturated heterocycles. The number of alkyl halides is 3. The highest BCUT2D eigenvalue weighted by Gasteiger charge is 2.29. The van der Waals surface area contributed by atoms with Crippen LogP contribution in [-0.4, -0.2) is 11.7 Å². The van der Waals surface area contributed by atoms with Gasteiger partial charge in [0.1, 0.15) is 0 Å². The molecule has 0 spiro atoms. The zero-order chi connectivity index (χ0) is 13.3. The van der Waals surface area contributed by atoms with Gasteiger partial charge in [-0.3, -0.25) is 0 Å². The van der Waals surface area contributed by atoms with Gasteiger partial charge in [-0.05, 0) is 30.2 Å². The second-order valence-corrected chi connectivity index (χ2v) is 3.06. The van der Waals surface area contributed by atoms with Crippen molar-refractivity contribution in [1.82, 2.24) is 0 Å². The van der Waals surface area contributed by atoms with Crippen molar-refractivity contribution in [3.63, 3.8) is 0 Å². The first kappa shape index (κ1) is 8.97. The monoisotopic (exact) mass is 218 g/mol. The number of rotatable bonds is 2. The lowest BCUT2D eigenvalue weighted by Gasteiger charge is -2.06. The summed E-state index contributed by atoms with van der Waals surface area (Å²) in [6.07, 6.45) is -3.09. The predicted octanol–water partition coefficient (Wildman–Crippen LogP) is 3.10. The van der Waals surface area contributed by atoms with Crippen LogP contribution in [0.25, 0.3) is 6.08 Å². The van der Waals surface area contributed by atoms with Gasteiger partial charge >= 0.3 is 6.18 Å². The molecule has 0 heterocycles. The van der Waals surface area contributed by atoms with E-state index < -0.39 is 18.3 Å². The second kappa shape index (κ2) is 4.49. The van der Waals surface area contributed by atoms with Gasteiger partial charge in [-0.1, -0.05) is 18.2 Å². The maximum Gasteiger partial charge on any atom is 0.416 e. The first-order valence-corrected chi connectivity index (χ1v) is 4.19. The maximum atomic E-state index is 12.3. The van der Waals surface area contributed by atoms with Crippen LogP contribution in [0.3, 0.4) is 0 Å². The lowest BCUT2D eigenvalue weighted by atomic mass is 10.1. The number of hydrogen-bond donors (Lipinski definition) is 1. The lowest BCUT2D eigenvalue weighted by Crippen LogP contribution is -2.04. The van der Waals surface area contributed by atoms with Gasteiger partial charge in [0, 0.05) is 0 Å². The maximum absolute atomic E-state index is 12.3. The average Bonchev–Trinajstić information content (AvgIpc) is 2.15. The van der Waals surface area contributed by atoms with E-state index in [1.807, 2.05) is 0 Å². The molecule has 0 aliphatic heterocycles. The molecule has 1 nitrogen and oxygen atoms in total. The van der Waals surface area contributed by atoms with Crippen molar-refractivity contribution in [3.8, 4) is 0 Å². The van der Waals surface area contributed by atoms with E-state index in [9.17, 15) is 13.2 Å². The number of aliphatic hydroxyl groups is 1. The van der Waals surface area contributed by atoms with Gasteiger partial charge in [0.2, 0.25) is 0 Å². The highest BCUT2D eigenvalue weighted by Crippen LogP contribution is 2.29. The minimum absolute atomic E-state index is 0.0252. The summed E-state index contributed by atoms with van der Waals surface area (Å²) < 4.78 is 50.8. The molecule has 0 saturated carbocycles. The van der Waals surface area contributed by atoms with Gasteiger partial charge in [-0.15, -0.1) is 0 Å². The zero-order valence-corrected chi connectivity index (χ0v) is 7.97. The van der Waals surface area contributed by atoms with E-state index in [0.29, 0.717) is 5.56 Å². The molecule has 0 radical (unpaired) electrons. The number of halogens is 3. The first-order chi connectivity index (χ1) is 7.60. The van der Waals surface area contributed by atoms with Crippen molar-refractivity contribution in [1.29, 1.82) is 0 Å². The van der Waals surface area contributed by atoms with Gasteiger partial charge in [-0.2, -0.15) is 13.2 Å². The van der Waals surface area contributed by atoms with Crippen molar-refractivity contribution in [2.75, 3.05) is 6.56 Å². The van der Waals surface area contributed by atoms with Crippen LogP contribution in [0.2, 0.25) is 0 Å². The molecule has 0 amide bonds. The van der Waals surface area contributed by atoms with Gasteiger partial charge in [-0.25, -0.2) is 0 Å². The molecule has 1 aromatic carbocycles. The highest BCUT2D eigenvalue weighted by atomic mass is 19.4. The Morgan fingerprint density at radius 2 is 1.93 bits per heavy atom. The van der Waals surface area contributed by atoms with Crippen molar-refractivity contribution < 1.29 is 21.0 Å². The fourth-order valence-electron chi connectivity index (χ4n) is 1.05. The Labute approximate surface area is 88.7 Å². The van der Waals surface area contributed by atoms with E-state index in [2.05, 4.69) is 0 Å². The Hall–Kier alpha value is -1.29. The standard InChI is InChI=1S/C11H11F3O/c1-8(7-15)6-9-2-4-10(5-3-9)11(12,13)14/h2-6,15H,7H2,1H3/b8-6+/i7D2. The molecule has 4 heteroatoms. The van der Waals surface area contributed by atoms with Crippen LogP contribution in [-0.2, 0) is 6.18 Å². The quantitative estimate of drug-likeness (QED) is 0.808. The van der Waals surface area contributed by atoms with Crippen LogP contribution in [0, 0.1) is 0 Å². The SMILES string of the molecule is [2H]C([2H])(O)/C(C)=C/c1ccc(C(F)(F)F)cc1. The largest absolute Gasteiger partial charge is 0.416 e. The smallest absolute Gasteiger partial charge is 0.392 e. The number of hydrogen-bond acceptors (Lipinski definition) is 1. The van der Waals surface area contributed by atoms with Gasteiger partial charge in [0.25, 0.3) is 0 Å². The minimum Gasteiger partial charge on any atom is -0.392 e. The third kappa shape index (κ3) is 3.40. The Bertz CT molecular complexity index is 416. The molecule has 0 atom stereocenters. The summed E-state index contributed by atoms with van der Waals surface area (Å²) in [4.78, 5) is 0. The molecule has 0 aliphatic carbocycles. The Morgan fingerprint density at radius 3 is 2.33 bits per heavy atom. The van der Waals surface area contributed by atoms with Crippen molar-refractivity contribution in [2.45, 2.75) is 13.1 Å². The molecular formula is C11H11F3O. The summed E-state index contributed by atoms with van der Waals surface area (Å²) in [6.45, 7) is -1.11. The van der Waals surface area contributed by atoms with Crippen molar-refractivity contribution >= 4 is 6.08 Å². The van der Waals surface area contributed by atoms with Gasteiger partial charge in [0.15, 0.2) is 0 Å². The molecule has 0 aliphatic rings. The second-order valence-electron chi connectivity index (χ2n) is 3.06. The van der Waals surface area contributed by atoms with E-state index in [0.717, 1.165) is 12.1 Å². The summed E-state index contributed by atoms with van der Waals surface area (Å²) in [7, 11) is 0. The fourth-order valence-corrected chi connectivity index (χ4v) is 1.05. The number of benzene rings is 1. The van der Waals surface area contributed by atoms with Crippen LogP contribution in [0.1, 0.15) is 20.8 Å². The first-order valence-electron chi connectivity index (χ1n) is 5.19. The Balaban J connectivity index is 2.97. The summed E-state index contributed by atoms with van der Waals surface area (Å²) in [5.74, 6) is 0. The van der Waals surface area contributed by atoms with Gasteiger partial charge in [0.05, 0.1) is 14.9 Å². The van der Waals surface area contributed by atoms with Gasteiger partial charge < -0.3 is 5.11 Å². The summed E-state index contributed by atoms with van der Waals surface area (Å²) >= 11 is 0. The molecule has 0 bridgehead atoms. The van der Waals surface area contributed by atoms with E-state index in [1.54, 1.807) is 0 Å². The Morgan fingerprint density at radius 1 is 1.40 bits per heavy atom. The molecule has 82 valence electrons. The molecule has 1 rings (SSSR count). The molecule has 0 aromatic heterocycles. The molecule has 15 heavy (non-hydrogen) atoms. The van der Waals surface area contributed by atoms with E-state index in [4.69, 9.17) is 7.85 Å². The van der Waals surface area contributed by atoms with E-state index in [-0.39, 0.29) is 5.57 Å². The molecule has 0 unspecified atom stereocenters. The van der Waals surface area contributed by atoms with Crippen molar-refractivity contribution in [3.05, 3.63) is 41.0 Å². The summed E-state index contributed by atoms with van der Waals surface area (Å²) in [5.41, 5.74) is -0.343. The fraction of sp³-hybridized carbons (Fsp3) is 0.273. The van der Waals surface area contributed by atoms with Crippen molar-refractivity contribution in [2.24, 2.45) is 0 Å². The van der Waals surface area contributed by atoms with Crippen LogP contribution in [0.5, 0.6) is 0 Å². The third-order valence-electron chi connectivity index (χ3n) is 1.80. The molecule has 1 aromatic rings. The van der Waals surface area contributed by atoms with Crippen LogP contribution < -0.4 is 0 Å². The predicted molar refractivity (Wildman–Crippen MR) is 52.2 cm³/mol. The van der Waals surface area contributed by atoms with Crippen LogP contribution in [0.4, 0.5) is 13.2 Å². The molecule has 0 fully saturated rings. The normalized spacial score (nSPS) is 15.9. The zero-order valence-electron chi connectivity index (χ0n) is 9.97. The summed E-state index contributed by atoms with van der Waals surface area (Å²) in [5, 5.41) is 9.02. The topological polar surface area (TPSA) is 20.2 Å². The molecular weight excluding hydrogens is 205 g/mol. The van der Waals surface area contributed by atoms with E-state index in [1.165, 1.54) is 25.1 Å². The third-order valence-corrected chi connectivity index (χ3v) is 1.80. The van der Waals surface area contributed by atoms with E-state index >= 15 is 0 Å². The van der Waals surface area contributed by atoms with Crippen LogP contribution in [0.15, 0.2) is 29.8 Å². The average molecular weight is 218 g/mol. The van der Waals surface area contributed by atoms with Crippen LogP contribution >= 0.6 is 0 Å². The Kier molecular flexibility index (Phi) is 2.68. The molecule has 1 N–H and O–H groups in total.